The molecule has 2 saturated heterocycles. The van der Waals surface area contributed by atoms with Gasteiger partial charge in [-0.25, -0.2) is 4.98 Å². The van der Waals surface area contributed by atoms with E-state index in [9.17, 15) is 14.4 Å². The minimum absolute atomic E-state index is 0.112. The van der Waals surface area contributed by atoms with Crippen molar-refractivity contribution in [2.24, 2.45) is 11.7 Å². The van der Waals surface area contributed by atoms with Crippen molar-refractivity contribution in [3.63, 3.8) is 0 Å². The summed E-state index contributed by atoms with van der Waals surface area (Å²) in [6.07, 6.45) is 7.61. The Morgan fingerprint density at radius 1 is 1.19 bits per heavy atom. The van der Waals surface area contributed by atoms with Crippen LogP contribution in [0.3, 0.4) is 0 Å². The lowest BCUT2D eigenvalue weighted by molar-refractivity contribution is -0.136. The fraction of sp³-hybridized carbons (Fsp3) is 0.667. The standard InChI is InChI=1S/C18H25N5O3/c19-15(24)11-22-8-5-20-17(22)12-3-6-21(7-4-12)18(26)13-9-16(25)23(10-13)14-1-2-14/h5,8,12-14H,1-4,6-7,9-11H2,(H2,19,24)/t13-/m0/s1. The normalized spacial score (nSPS) is 24.3. The lowest BCUT2D eigenvalue weighted by atomic mass is 9.94. The van der Waals surface area contributed by atoms with Crippen molar-refractivity contribution in [3.05, 3.63) is 18.2 Å². The van der Waals surface area contributed by atoms with Gasteiger partial charge in [0.15, 0.2) is 0 Å². The second-order valence-corrected chi connectivity index (χ2v) is 7.66. The fourth-order valence-corrected chi connectivity index (χ4v) is 4.23. The van der Waals surface area contributed by atoms with Gasteiger partial charge >= 0.3 is 0 Å². The van der Waals surface area contributed by atoms with E-state index in [0.29, 0.717) is 32.1 Å². The van der Waals surface area contributed by atoms with Crippen LogP contribution < -0.4 is 5.73 Å². The van der Waals surface area contributed by atoms with Crippen LogP contribution >= 0.6 is 0 Å². The quantitative estimate of drug-likeness (QED) is 0.805. The van der Waals surface area contributed by atoms with Gasteiger partial charge in [-0.2, -0.15) is 0 Å². The molecule has 0 spiro atoms. The minimum Gasteiger partial charge on any atom is -0.368 e. The topological polar surface area (TPSA) is 102 Å². The summed E-state index contributed by atoms with van der Waals surface area (Å²) in [6.45, 7) is 2.06. The van der Waals surface area contributed by atoms with Crippen molar-refractivity contribution in [2.45, 2.75) is 50.6 Å². The molecule has 3 amide bonds. The number of hydrogen-bond acceptors (Lipinski definition) is 4. The van der Waals surface area contributed by atoms with E-state index in [-0.39, 0.29) is 36.1 Å². The minimum atomic E-state index is -0.386. The molecule has 2 aliphatic heterocycles. The van der Waals surface area contributed by atoms with E-state index in [2.05, 4.69) is 4.98 Å². The summed E-state index contributed by atoms with van der Waals surface area (Å²) >= 11 is 0. The third-order valence-corrected chi connectivity index (χ3v) is 5.74. The van der Waals surface area contributed by atoms with Gasteiger partial charge in [-0.1, -0.05) is 0 Å². The number of likely N-dealkylation sites (tertiary alicyclic amines) is 2. The summed E-state index contributed by atoms with van der Waals surface area (Å²) in [7, 11) is 0. The van der Waals surface area contributed by atoms with E-state index in [0.717, 1.165) is 31.5 Å². The monoisotopic (exact) mass is 359 g/mol. The maximum atomic E-state index is 12.8. The van der Waals surface area contributed by atoms with Gasteiger partial charge in [0.1, 0.15) is 12.4 Å². The third kappa shape index (κ3) is 3.32. The maximum absolute atomic E-state index is 12.8. The second kappa shape index (κ2) is 6.74. The Morgan fingerprint density at radius 3 is 2.58 bits per heavy atom. The number of nitrogens with two attached hydrogens (primary N) is 1. The molecule has 4 rings (SSSR count). The fourth-order valence-electron chi connectivity index (χ4n) is 4.23. The lowest BCUT2D eigenvalue weighted by Gasteiger charge is -2.33. The van der Waals surface area contributed by atoms with Crippen molar-refractivity contribution in [2.75, 3.05) is 19.6 Å². The summed E-state index contributed by atoms with van der Waals surface area (Å²) in [5.74, 6) is 0.766. The molecule has 26 heavy (non-hydrogen) atoms. The largest absolute Gasteiger partial charge is 0.368 e. The first-order chi connectivity index (χ1) is 12.5. The van der Waals surface area contributed by atoms with Crippen LogP contribution in [0, 0.1) is 5.92 Å². The predicted octanol–water partition coefficient (Wildman–Crippen LogP) is 0.0853. The summed E-state index contributed by atoms with van der Waals surface area (Å²) < 4.78 is 1.80. The van der Waals surface area contributed by atoms with E-state index in [1.54, 1.807) is 17.0 Å². The first-order valence-electron chi connectivity index (χ1n) is 9.40. The van der Waals surface area contributed by atoms with E-state index in [1.165, 1.54) is 0 Å². The van der Waals surface area contributed by atoms with Gasteiger partial charge < -0.3 is 20.1 Å². The zero-order chi connectivity index (χ0) is 18.3. The lowest BCUT2D eigenvalue weighted by Crippen LogP contribution is -2.42. The summed E-state index contributed by atoms with van der Waals surface area (Å²) in [5, 5.41) is 0. The average molecular weight is 359 g/mol. The molecule has 0 radical (unpaired) electrons. The Morgan fingerprint density at radius 2 is 1.92 bits per heavy atom. The first-order valence-corrected chi connectivity index (χ1v) is 9.40. The van der Waals surface area contributed by atoms with Crippen LogP contribution in [0.15, 0.2) is 12.4 Å². The number of rotatable bonds is 5. The van der Waals surface area contributed by atoms with E-state index in [4.69, 9.17) is 5.73 Å². The van der Waals surface area contributed by atoms with Crippen LogP contribution in [-0.4, -0.2) is 62.7 Å². The first kappa shape index (κ1) is 17.1. The van der Waals surface area contributed by atoms with Gasteiger partial charge in [0.05, 0.1) is 5.92 Å². The van der Waals surface area contributed by atoms with Gasteiger partial charge in [0, 0.05) is 50.4 Å². The SMILES string of the molecule is NC(=O)Cn1ccnc1C1CCN(C(=O)[C@H]2CC(=O)N(C3CC3)C2)CC1. The molecule has 1 saturated carbocycles. The van der Waals surface area contributed by atoms with Crippen molar-refractivity contribution in [1.29, 1.82) is 0 Å². The highest BCUT2D eigenvalue weighted by Gasteiger charge is 2.43. The Bertz CT molecular complexity index is 718. The van der Waals surface area contributed by atoms with Crippen LogP contribution in [-0.2, 0) is 20.9 Å². The molecular weight excluding hydrogens is 334 g/mol. The molecule has 0 bridgehead atoms. The van der Waals surface area contributed by atoms with Gasteiger partial charge in [-0.15, -0.1) is 0 Å². The predicted molar refractivity (Wildman–Crippen MR) is 92.8 cm³/mol. The Hall–Kier alpha value is -2.38. The number of imidazole rings is 1. The van der Waals surface area contributed by atoms with Gasteiger partial charge in [-0.05, 0) is 25.7 Å². The number of aromatic nitrogens is 2. The van der Waals surface area contributed by atoms with Crippen LogP contribution in [0.4, 0.5) is 0 Å². The smallest absolute Gasteiger partial charge is 0.237 e. The van der Waals surface area contributed by atoms with Crippen LogP contribution in [0.25, 0.3) is 0 Å². The van der Waals surface area contributed by atoms with E-state index in [1.807, 2.05) is 9.80 Å². The number of amides is 3. The molecule has 8 heteroatoms. The second-order valence-electron chi connectivity index (χ2n) is 7.66. The Balaban J connectivity index is 1.34. The number of carbonyl (C=O) groups is 3. The van der Waals surface area contributed by atoms with Gasteiger partial charge in [0.2, 0.25) is 17.7 Å². The molecule has 1 aromatic heterocycles. The maximum Gasteiger partial charge on any atom is 0.237 e. The number of hydrogen-bond donors (Lipinski definition) is 1. The van der Waals surface area contributed by atoms with E-state index >= 15 is 0 Å². The zero-order valence-corrected chi connectivity index (χ0v) is 14.8. The number of primary amides is 1. The van der Waals surface area contributed by atoms with Gasteiger partial charge in [-0.3, -0.25) is 14.4 Å². The summed E-state index contributed by atoms with van der Waals surface area (Å²) in [4.78, 5) is 44.3. The molecule has 1 atom stereocenters. The number of piperidine rings is 1. The van der Waals surface area contributed by atoms with Crippen LogP contribution in [0.1, 0.15) is 43.8 Å². The number of nitrogens with zero attached hydrogens (tertiary/aromatic N) is 4. The Labute approximate surface area is 152 Å². The molecule has 1 aromatic rings. The van der Waals surface area contributed by atoms with Crippen molar-refractivity contribution < 1.29 is 14.4 Å². The molecule has 3 fully saturated rings. The number of carbonyl (C=O) groups excluding carboxylic acids is 3. The zero-order valence-electron chi connectivity index (χ0n) is 14.8. The van der Waals surface area contributed by atoms with Crippen molar-refractivity contribution >= 4 is 17.7 Å². The van der Waals surface area contributed by atoms with Gasteiger partial charge in [0.25, 0.3) is 0 Å². The van der Waals surface area contributed by atoms with Crippen LogP contribution in [0.5, 0.6) is 0 Å². The molecular formula is C18H25N5O3. The molecule has 0 unspecified atom stereocenters. The summed E-state index contributed by atoms with van der Waals surface area (Å²) in [5.41, 5.74) is 5.29. The summed E-state index contributed by atoms with van der Waals surface area (Å²) in [6, 6.07) is 0.384. The molecule has 0 aromatic carbocycles. The highest BCUT2D eigenvalue weighted by atomic mass is 16.2. The molecule has 3 heterocycles. The molecule has 1 aliphatic carbocycles. The van der Waals surface area contributed by atoms with Crippen molar-refractivity contribution in [1.82, 2.24) is 19.4 Å². The van der Waals surface area contributed by atoms with E-state index < -0.39 is 0 Å². The highest BCUT2D eigenvalue weighted by molar-refractivity contribution is 5.89. The van der Waals surface area contributed by atoms with Crippen LogP contribution in [0.2, 0.25) is 0 Å². The molecule has 8 nitrogen and oxygen atoms in total. The molecule has 140 valence electrons. The highest BCUT2D eigenvalue weighted by Crippen LogP contribution is 2.34. The Kier molecular flexibility index (Phi) is 4.42. The van der Waals surface area contributed by atoms with Crippen molar-refractivity contribution in [3.8, 4) is 0 Å². The molecule has 2 N–H and O–H groups in total. The third-order valence-electron chi connectivity index (χ3n) is 5.74. The molecule has 3 aliphatic rings. The average Bonchev–Trinajstić information content (AvgIpc) is 3.24.